The van der Waals surface area contributed by atoms with Crippen LogP contribution in [-0.4, -0.2) is 26.8 Å². The molecule has 0 unspecified atom stereocenters. The molecule has 2 aromatic heterocycles. The average Bonchev–Trinajstić information content (AvgIpc) is 3.38. The predicted octanol–water partition coefficient (Wildman–Crippen LogP) is 6.24. The van der Waals surface area contributed by atoms with Gasteiger partial charge in [0, 0.05) is 23.6 Å². The lowest BCUT2D eigenvalue weighted by Gasteiger charge is -2.25. The summed E-state index contributed by atoms with van der Waals surface area (Å²) in [5.41, 5.74) is 1.74. The van der Waals surface area contributed by atoms with E-state index in [2.05, 4.69) is 16.8 Å². The van der Waals surface area contributed by atoms with Crippen LogP contribution in [0.1, 0.15) is 30.5 Å². The second-order valence-electron chi connectivity index (χ2n) is 6.94. The molecule has 0 amide bonds. The summed E-state index contributed by atoms with van der Waals surface area (Å²) in [6.45, 7) is 3.16. The van der Waals surface area contributed by atoms with Crippen LogP contribution in [0.3, 0.4) is 0 Å². The van der Waals surface area contributed by atoms with Gasteiger partial charge in [0.2, 0.25) is 0 Å². The minimum atomic E-state index is -0.0926. The van der Waals surface area contributed by atoms with E-state index in [9.17, 15) is 0 Å². The van der Waals surface area contributed by atoms with Crippen molar-refractivity contribution in [2.75, 3.05) is 6.54 Å². The Labute approximate surface area is 177 Å². The number of amidine groups is 1. The monoisotopic (exact) mass is 429 g/mol. The Kier molecular flexibility index (Phi) is 4.62. The van der Waals surface area contributed by atoms with E-state index in [4.69, 9.17) is 32.6 Å². The van der Waals surface area contributed by atoms with Crippen LogP contribution in [0.2, 0.25) is 10.0 Å². The summed E-state index contributed by atoms with van der Waals surface area (Å²) in [7, 11) is 0. The highest BCUT2D eigenvalue weighted by Gasteiger charge is 2.45. The second-order valence-corrected chi connectivity index (χ2v) is 9.13. The number of fused-ring (bicyclic) bond motifs is 1. The number of aliphatic imine (C=N–C) groups is 1. The van der Waals surface area contributed by atoms with E-state index in [1.54, 1.807) is 6.07 Å². The summed E-state index contributed by atoms with van der Waals surface area (Å²) in [5.74, 6) is 1.56. The van der Waals surface area contributed by atoms with Crippen molar-refractivity contribution in [2.24, 2.45) is 4.99 Å². The van der Waals surface area contributed by atoms with Crippen molar-refractivity contribution in [2.45, 2.75) is 24.3 Å². The van der Waals surface area contributed by atoms with Crippen LogP contribution in [0.5, 0.6) is 0 Å². The highest BCUT2D eigenvalue weighted by Crippen LogP contribution is 2.48. The number of hydrogen-bond donors (Lipinski definition) is 0. The maximum atomic E-state index is 6.39. The molecule has 3 atom stereocenters. The molecule has 4 heterocycles. The van der Waals surface area contributed by atoms with Crippen LogP contribution in [0.4, 0.5) is 0 Å². The third-order valence-electron chi connectivity index (χ3n) is 5.02. The molecule has 4 nitrogen and oxygen atoms in total. The number of nitrogens with zero attached hydrogens (tertiary/aromatic N) is 3. The minimum Gasteiger partial charge on any atom is -0.459 e. The molecule has 1 fully saturated rings. The number of rotatable bonds is 3. The summed E-state index contributed by atoms with van der Waals surface area (Å²) < 4.78 is 6.29. The fourth-order valence-corrected chi connectivity index (χ4v) is 5.26. The quantitative estimate of drug-likeness (QED) is 0.494. The van der Waals surface area contributed by atoms with Gasteiger partial charge in [0.15, 0.2) is 5.17 Å². The second kappa shape index (κ2) is 7.14. The standard InChI is InChI=1S/C21H17Cl2N3OS/c1-12-11-26-20(19(25-21(26)28-12)15-7-2-3-10-24-15)17-9-8-16(27-17)13-5-4-6-14(22)18(13)23/h2-10,12,19-20H,11H2,1H3/t12-,19+,20-/m1/s1. The molecular formula is C21H17Cl2N3OS. The minimum absolute atomic E-state index is 0.0194. The Hall–Kier alpha value is -1.95. The summed E-state index contributed by atoms with van der Waals surface area (Å²) >= 11 is 14.4. The lowest BCUT2D eigenvalue weighted by Crippen LogP contribution is -2.28. The van der Waals surface area contributed by atoms with E-state index >= 15 is 0 Å². The Morgan fingerprint density at radius 1 is 1.11 bits per heavy atom. The fraction of sp³-hybridized carbons (Fsp3) is 0.238. The number of furan rings is 1. The molecule has 1 aromatic carbocycles. The van der Waals surface area contributed by atoms with Gasteiger partial charge in [0.05, 0.1) is 15.7 Å². The molecule has 3 aromatic rings. The van der Waals surface area contributed by atoms with Gasteiger partial charge in [-0.15, -0.1) is 0 Å². The Bertz CT molecular complexity index is 1050. The first-order valence-electron chi connectivity index (χ1n) is 9.08. The van der Waals surface area contributed by atoms with E-state index in [0.29, 0.717) is 21.1 Å². The summed E-state index contributed by atoms with van der Waals surface area (Å²) in [6, 6.07) is 15.4. The number of hydrogen-bond acceptors (Lipinski definition) is 5. The molecule has 5 rings (SSSR count). The zero-order chi connectivity index (χ0) is 19.3. The first-order valence-corrected chi connectivity index (χ1v) is 10.7. The van der Waals surface area contributed by atoms with Crippen molar-refractivity contribution in [3.63, 3.8) is 0 Å². The third kappa shape index (κ3) is 3.02. The number of benzene rings is 1. The van der Waals surface area contributed by atoms with Gasteiger partial charge >= 0.3 is 0 Å². The highest BCUT2D eigenvalue weighted by molar-refractivity contribution is 8.14. The molecule has 142 valence electrons. The Morgan fingerprint density at radius 3 is 2.82 bits per heavy atom. The first kappa shape index (κ1) is 18.1. The van der Waals surface area contributed by atoms with Crippen molar-refractivity contribution < 1.29 is 4.42 Å². The molecule has 0 N–H and O–H groups in total. The van der Waals surface area contributed by atoms with Crippen molar-refractivity contribution in [1.82, 2.24) is 9.88 Å². The van der Waals surface area contributed by atoms with E-state index in [1.165, 1.54) is 0 Å². The molecule has 0 aliphatic carbocycles. The molecule has 28 heavy (non-hydrogen) atoms. The van der Waals surface area contributed by atoms with Crippen LogP contribution >= 0.6 is 35.0 Å². The largest absolute Gasteiger partial charge is 0.459 e. The summed E-state index contributed by atoms with van der Waals surface area (Å²) in [6.07, 6.45) is 1.81. The van der Waals surface area contributed by atoms with Crippen molar-refractivity contribution in [1.29, 1.82) is 0 Å². The topological polar surface area (TPSA) is 41.6 Å². The molecule has 7 heteroatoms. The van der Waals surface area contributed by atoms with Crippen LogP contribution in [0.25, 0.3) is 11.3 Å². The van der Waals surface area contributed by atoms with Gasteiger partial charge in [-0.1, -0.05) is 54.0 Å². The van der Waals surface area contributed by atoms with Crippen LogP contribution in [0, 0.1) is 0 Å². The summed E-state index contributed by atoms with van der Waals surface area (Å²) in [5, 5.41) is 2.58. The van der Waals surface area contributed by atoms with Gasteiger partial charge in [-0.2, -0.15) is 0 Å². The number of halogens is 2. The fourth-order valence-electron chi connectivity index (χ4n) is 3.78. The Morgan fingerprint density at radius 2 is 2.00 bits per heavy atom. The zero-order valence-corrected chi connectivity index (χ0v) is 17.4. The van der Waals surface area contributed by atoms with Gasteiger partial charge in [-0.25, -0.2) is 4.99 Å². The van der Waals surface area contributed by atoms with E-state index in [0.717, 1.165) is 28.7 Å². The average molecular weight is 430 g/mol. The molecule has 0 bridgehead atoms. The summed E-state index contributed by atoms with van der Waals surface area (Å²) in [4.78, 5) is 11.9. The zero-order valence-electron chi connectivity index (χ0n) is 15.0. The maximum Gasteiger partial charge on any atom is 0.161 e. The number of aromatic nitrogens is 1. The number of thioether (sulfide) groups is 1. The van der Waals surface area contributed by atoms with Crippen molar-refractivity contribution in [3.8, 4) is 11.3 Å². The van der Waals surface area contributed by atoms with Gasteiger partial charge in [0.25, 0.3) is 0 Å². The molecule has 1 saturated heterocycles. The van der Waals surface area contributed by atoms with Crippen LogP contribution < -0.4 is 0 Å². The maximum absolute atomic E-state index is 6.39. The van der Waals surface area contributed by atoms with Crippen molar-refractivity contribution in [3.05, 3.63) is 76.2 Å². The predicted molar refractivity (Wildman–Crippen MR) is 115 cm³/mol. The van der Waals surface area contributed by atoms with Gasteiger partial charge in [-0.3, -0.25) is 4.98 Å². The highest BCUT2D eigenvalue weighted by atomic mass is 35.5. The SMILES string of the molecule is C[C@@H]1CN2C(=N[C@@H](c3ccccn3)[C@H]2c2ccc(-c3cccc(Cl)c3Cl)o2)S1. The van der Waals surface area contributed by atoms with E-state index in [1.807, 2.05) is 60.4 Å². The third-order valence-corrected chi connectivity index (χ3v) is 6.94. The van der Waals surface area contributed by atoms with Crippen LogP contribution in [0.15, 0.2) is 64.1 Å². The smallest absolute Gasteiger partial charge is 0.161 e. The molecular weight excluding hydrogens is 413 g/mol. The lowest BCUT2D eigenvalue weighted by atomic mass is 10.0. The lowest BCUT2D eigenvalue weighted by molar-refractivity contribution is 0.277. The number of pyridine rings is 1. The van der Waals surface area contributed by atoms with Gasteiger partial charge in [-0.05, 0) is 36.4 Å². The van der Waals surface area contributed by atoms with Crippen molar-refractivity contribution >= 4 is 40.1 Å². The Balaban J connectivity index is 1.55. The van der Waals surface area contributed by atoms with Crippen LogP contribution in [-0.2, 0) is 0 Å². The molecule has 0 radical (unpaired) electrons. The normalized spacial score (nSPS) is 23.8. The molecule has 0 saturated carbocycles. The molecule has 2 aliphatic heterocycles. The molecule has 2 aliphatic rings. The van der Waals surface area contributed by atoms with E-state index in [-0.39, 0.29) is 12.1 Å². The van der Waals surface area contributed by atoms with Gasteiger partial charge < -0.3 is 9.32 Å². The molecule has 0 spiro atoms. The first-order chi connectivity index (χ1) is 13.6. The van der Waals surface area contributed by atoms with Gasteiger partial charge in [0.1, 0.15) is 23.6 Å². The van der Waals surface area contributed by atoms with E-state index < -0.39 is 0 Å².